The minimum absolute atomic E-state index is 0.250. The predicted molar refractivity (Wildman–Crippen MR) is 148 cm³/mol. The molecule has 38 heavy (non-hydrogen) atoms. The molecule has 1 unspecified atom stereocenters. The summed E-state index contributed by atoms with van der Waals surface area (Å²) in [6.45, 7) is -0.250. The van der Waals surface area contributed by atoms with Gasteiger partial charge in [-0.05, 0) is 41.5 Å². The van der Waals surface area contributed by atoms with Gasteiger partial charge in [-0.25, -0.2) is 9.69 Å². The van der Waals surface area contributed by atoms with Crippen LogP contribution in [0.1, 0.15) is 23.6 Å². The lowest BCUT2D eigenvalue weighted by atomic mass is 9.98. The number of carbonyl (C=O) groups is 1. The zero-order valence-electron chi connectivity index (χ0n) is 20.9. The van der Waals surface area contributed by atoms with Gasteiger partial charge in [0.05, 0.1) is 31.7 Å². The normalized spacial score (nSPS) is 14.8. The van der Waals surface area contributed by atoms with Crippen LogP contribution >= 0.6 is 15.9 Å². The van der Waals surface area contributed by atoms with Crippen molar-refractivity contribution in [3.8, 4) is 22.8 Å². The van der Waals surface area contributed by atoms with E-state index < -0.39 is 6.04 Å². The molecule has 0 aliphatic carbocycles. The van der Waals surface area contributed by atoms with Crippen LogP contribution < -0.4 is 15.0 Å². The fraction of sp³-hybridized carbons (Fsp3) is 0.172. The van der Waals surface area contributed by atoms with Crippen LogP contribution in [-0.4, -0.2) is 40.6 Å². The van der Waals surface area contributed by atoms with E-state index in [1.165, 1.54) is 15.8 Å². The summed E-state index contributed by atoms with van der Waals surface area (Å²) in [6.07, 6.45) is 0.495. The maximum absolute atomic E-state index is 13.7. The molecule has 2 heterocycles. The average molecular weight is 573 g/mol. The molecular formula is C29H25BrN4O4. The van der Waals surface area contributed by atoms with Crippen molar-refractivity contribution in [2.24, 2.45) is 5.10 Å². The Morgan fingerprint density at radius 1 is 0.921 bits per heavy atom. The molecule has 192 valence electrons. The number of methoxy groups -OCH3 is 2. The van der Waals surface area contributed by atoms with Crippen molar-refractivity contribution in [3.63, 3.8) is 0 Å². The van der Waals surface area contributed by atoms with Gasteiger partial charge in [0.15, 0.2) is 11.5 Å². The third kappa shape index (κ3) is 5.24. The fourth-order valence-electron chi connectivity index (χ4n) is 4.40. The van der Waals surface area contributed by atoms with Gasteiger partial charge in [-0.15, -0.1) is 0 Å². The molecule has 0 saturated heterocycles. The second-order valence-corrected chi connectivity index (χ2v) is 9.62. The van der Waals surface area contributed by atoms with E-state index in [0.29, 0.717) is 23.6 Å². The van der Waals surface area contributed by atoms with Crippen LogP contribution in [0.15, 0.2) is 99.3 Å². The van der Waals surface area contributed by atoms with Gasteiger partial charge >= 0.3 is 0 Å². The third-order valence-electron chi connectivity index (χ3n) is 6.36. The van der Waals surface area contributed by atoms with E-state index in [9.17, 15) is 9.59 Å². The number of hydrogen-bond acceptors (Lipinski definition) is 6. The molecule has 3 aromatic carbocycles. The Kier molecular flexibility index (Phi) is 7.37. The van der Waals surface area contributed by atoms with Gasteiger partial charge in [-0.2, -0.15) is 10.2 Å². The Bertz CT molecular complexity index is 1550. The topological polar surface area (TPSA) is 86.0 Å². The summed E-state index contributed by atoms with van der Waals surface area (Å²) in [5, 5.41) is 10.6. The summed E-state index contributed by atoms with van der Waals surface area (Å²) in [5.74, 6) is 0.800. The van der Waals surface area contributed by atoms with Crippen molar-refractivity contribution >= 4 is 27.5 Å². The van der Waals surface area contributed by atoms with Crippen LogP contribution in [0.2, 0.25) is 0 Å². The minimum atomic E-state index is -0.394. The molecule has 0 N–H and O–H groups in total. The molecule has 1 aromatic heterocycles. The first-order valence-corrected chi connectivity index (χ1v) is 12.8. The van der Waals surface area contributed by atoms with Gasteiger partial charge in [-0.1, -0.05) is 64.5 Å². The first-order valence-electron chi connectivity index (χ1n) is 12.0. The van der Waals surface area contributed by atoms with Gasteiger partial charge in [-0.3, -0.25) is 9.59 Å². The molecular weight excluding hydrogens is 548 g/mol. The first kappa shape index (κ1) is 25.4. The molecule has 9 heteroatoms. The number of hydrogen-bond donors (Lipinski definition) is 0. The summed E-state index contributed by atoms with van der Waals surface area (Å²) in [4.78, 5) is 26.3. The van der Waals surface area contributed by atoms with Gasteiger partial charge in [0.1, 0.15) is 6.54 Å². The highest BCUT2D eigenvalue weighted by Gasteiger charge is 2.34. The van der Waals surface area contributed by atoms with E-state index in [4.69, 9.17) is 14.6 Å². The van der Waals surface area contributed by atoms with E-state index in [2.05, 4.69) is 21.0 Å². The lowest BCUT2D eigenvalue weighted by molar-refractivity contribution is -0.133. The fourth-order valence-corrected chi connectivity index (χ4v) is 4.67. The average Bonchev–Trinajstić information content (AvgIpc) is 3.40. The number of hydrazone groups is 1. The minimum Gasteiger partial charge on any atom is -0.493 e. The van der Waals surface area contributed by atoms with Crippen LogP contribution in [0, 0.1) is 0 Å². The number of aromatic nitrogens is 2. The predicted octanol–water partition coefficient (Wildman–Crippen LogP) is 5.07. The first-order chi connectivity index (χ1) is 18.5. The molecule has 8 nitrogen and oxygen atoms in total. The Labute approximate surface area is 228 Å². The summed E-state index contributed by atoms with van der Waals surface area (Å²) in [7, 11) is 3.15. The zero-order chi connectivity index (χ0) is 26.6. The highest BCUT2D eigenvalue weighted by molar-refractivity contribution is 9.10. The molecule has 0 fully saturated rings. The van der Waals surface area contributed by atoms with Crippen molar-refractivity contribution in [2.45, 2.75) is 19.0 Å². The summed E-state index contributed by atoms with van der Waals surface area (Å²) < 4.78 is 13.0. The SMILES string of the molecule is COc1ccc(C2CC(c3ccc(Br)cc3)=NN2C(=O)Cn2nc(-c3ccccc3)ccc2=O)cc1OC. The Morgan fingerprint density at radius 2 is 1.66 bits per heavy atom. The number of benzene rings is 3. The standard InChI is InChI=1S/C29H25BrN4O4/c1-37-26-14-10-21(16-27(26)38-2)25-17-24(20-8-11-22(30)12-9-20)32-34(25)29(36)18-33-28(35)15-13-23(31-33)19-6-4-3-5-7-19/h3-16,25H,17-18H2,1-2H3. The smallest absolute Gasteiger partial charge is 0.267 e. The highest BCUT2D eigenvalue weighted by Crippen LogP contribution is 2.37. The van der Waals surface area contributed by atoms with Crippen molar-refractivity contribution in [3.05, 3.63) is 111 Å². The maximum Gasteiger partial charge on any atom is 0.267 e. The van der Waals surface area contributed by atoms with Crippen LogP contribution in [0.4, 0.5) is 0 Å². The van der Waals surface area contributed by atoms with E-state index >= 15 is 0 Å². The van der Waals surface area contributed by atoms with Crippen molar-refractivity contribution < 1.29 is 14.3 Å². The quantitative estimate of drug-likeness (QED) is 0.308. The van der Waals surface area contributed by atoms with Gasteiger partial charge in [0, 0.05) is 22.5 Å². The molecule has 1 atom stereocenters. The summed E-state index contributed by atoms with van der Waals surface area (Å²) >= 11 is 3.46. The van der Waals surface area contributed by atoms with E-state index in [-0.39, 0.29) is 18.0 Å². The molecule has 1 amide bonds. The number of ether oxygens (including phenoxy) is 2. The van der Waals surface area contributed by atoms with Gasteiger partial charge in [0.2, 0.25) is 0 Å². The molecule has 1 aliphatic heterocycles. The number of halogens is 1. The number of amides is 1. The van der Waals surface area contributed by atoms with Gasteiger partial charge in [0.25, 0.3) is 11.5 Å². The van der Waals surface area contributed by atoms with Crippen molar-refractivity contribution in [2.75, 3.05) is 14.2 Å². The molecule has 1 aliphatic rings. The Hall–Kier alpha value is -4.24. The molecule has 4 aromatic rings. The van der Waals surface area contributed by atoms with E-state index in [1.807, 2.05) is 72.8 Å². The number of carbonyl (C=O) groups excluding carboxylic acids is 1. The van der Waals surface area contributed by atoms with Crippen LogP contribution in [-0.2, 0) is 11.3 Å². The third-order valence-corrected chi connectivity index (χ3v) is 6.89. The molecule has 0 radical (unpaired) electrons. The Balaban J connectivity index is 1.50. The maximum atomic E-state index is 13.7. The van der Waals surface area contributed by atoms with Crippen molar-refractivity contribution in [1.29, 1.82) is 0 Å². The lowest BCUT2D eigenvalue weighted by Gasteiger charge is -2.23. The van der Waals surface area contributed by atoms with Crippen LogP contribution in [0.5, 0.6) is 11.5 Å². The number of rotatable bonds is 7. The lowest BCUT2D eigenvalue weighted by Crippen LogP contribution is -2.35. The molecule has 0 bridgehead atoms. The summed E-state index contributed by atoms with van der Waals surface area (Å²) in [5.41, 5.74) is 3.62. The largest absolute Gasteiger partial charge is 0.493 e. The number of nitrogens with zero attached hydrogens (tertiary/aromatic N) is 4. The monoisotopic (exact) mass is 572 g/mol. The van der Waals surface area contributed by atoms with Crippen LogP contribution in [0.3, 0.4) is 0 Å². The highest BCUT2D eigenvalue weighted by atomic mass is 79.9. The molecule has 5 rings (SSSR count). The van der Waals surface area contributed by atoms with Crippen LogP contribution in [0.25, 0.3) is 11.3 Å². The van der Waals surface area contributed by atoms with E-state index in [0.717, 1.165) is 26.9 Å². The second-order valence-electron chi connectivity index (χ2n) is 8.71. The zero-order valence-corrected chi connectivity index (χ0v) is 22.5. The second kappa shape index (κ2) is 11.0. The Morgan fingerprint density at radius 3 is 2.37 bits per heavy atom. The van der Waals surface area contributed by atoms with Gasteiger partial charge < -0.3 is 9.47 Å². The molecule has 0 spiro atoms. The van der Waals surface area contributed by atoms with Crippen molar-refractivity contribution in [1.82, 2.24) is 14.8 Å². The van der Waals surface area contributed by atoms with E-state index in [1.54, 1.807) is 20.3 Å². The summed E-state index contributed by atoms with van der Waals surface area (Å²) in [6, 6.07) is 25.5. The molecule has 0 saturated carbocycles.